The lowest BCUT2D eigenvalue weighted by Gasteiger charge is -2.10. The SMILES string of the molecule is O=C(NOCCCO)c1oc2ccncc2c1Nc1ccc(I)cc1Cl. The number of aliphatic hydroxyl groups excluding tert-OH is 1. The molecule has 0 spiro atoms. The fraction of sp³-hybridized carbons (Fsp3) is 0.176. The van der Waals surface area contributed by atoms with E-state index in [0.29, 0.717) is 33.8 Å². The normalized spacial score (nSPS) is 10.9. The van der Waals surface area contributed by atoms with Crippen molar-refractivity contribution in [1.82, 2.24) is 10.5 Å². The van der Waals surface area contributed by atoms with Crippen molar-refractivity contribution in [3.8, 4) is 0 Å². The molecule has 0 aliphatic heterocycles. The molecule has 0 aliphatic carbocycles. The minimum atomic E-state index is -0.553. The molecule has 3 aromatic rings. The van der Waals surface area contributed by atoms with Crippen molar-refractivity contribution in [2.75, 3.05) is 18.5 Å². The first-order valence-electron chi connectivity index (χ1n) is 7.71. The highest BCUT2D eigenvalue weighted by molar-refractivity contribution is 14.1. The molecule has 3 rings (SSSR count). The molecule has 0 aliphatic rings. The minimum absolute atomic E-state index is 0.0235. The van der Waals surface area contributed by atoms with Gasteiger partial charge in [0.15, 0.2) is 0 Å². The zero-order chi connectivity index (χ0) is 18.5. The molecule has 0 bridgehead atoms. The number of fused-ring (bicyclic) bond motifs is 1. The minimum Gasteiger partial charge on any atom is -0.448 e. The van der Waals surface area contributed by atoms with Gasteiger partial charge in [0.25, 0.3) is 0 Å². The van der Waals surface area contributed by atoms with E-state index in [9.17, 15) is 4.79 Å². The van der Waals surface area contributed by atoms with Gasteiger partial charge in [-0.05, 0) is 53.3 Å². The Kier molecular flexibility index (Phi) is 6.30. The maximum Gasteiger partial charge on any atom is 0.312 e. The molecule has 26 heavy (non-hydrogen) atoms. The zero-order valence-electron chi connectivity index (χ0n) is 13.5. The summed E-state index contributed by atoms with van der Waals surface area (Å²) >= 11 is 8.45. The molecule has 0 unspecified atom stereocenters. The van der Waals surface area contributed by atoms with Crippen LogP contribution in [0.1, 0.15) is 17.0 Å². The summed E-state index contributed by atoms with van der Waals surface area (Å²) in [6, 6.07) is 7.19. The number of aliphatic hydroxyl groups is 1. The number of aromatic nitrogens is 1. The van der Waals surface area contributed by atoms with Gasteiger partial charge < -0.3 is 14.8 Å². The Morgan fingerprint density at radius 1 is 1.38 bits per heavy atom. The molecule has 2 heterocycles. The van der Waals surface area contributed by atoms with Crippen LogP contribution < -0.4 is 10.8 Å². The van der Waals surface area contributed by atoms with Gasteiger partial charge in [0.1, 0.15) is 11.3 Å². The van der Waals surface area contributed by atoms with Crippen molar-refractivity contribution >= 4 is 62.4 Å². The second-order valence-electron chi connectivity index (χ2n) is 5.28. The molecule has 2 aromatic heterocycles. The van der Waals surface area contributed by atoms with Gasteiger partial charge in [-0.2, -0.15) is 0 Å². The summed E-state index contributed by atoms with van der Waals surface area (Å²) in [5.41, 5.74) is 3.89. The fourth-order valence-electron chi connectivity index (χ4n) is 2.25. The molecule has 0 saturated heterocycles. The Balaban J connectivity index is 1.93. The number of amides is 1. The van der Waals surface area contributed by atoms with Crippen molar-refractivity contribution < 1.29 is 19.2 Å². The summed E-state index contributed by atoms with van der Waals surface area (Å²) < 4.78 is 6.66. The first-order valence-corrected chi connectivity index (χ1v) is 9.17. The molecule has 136 valence electrons. The van der Waals surface area contributed by atoms with E-state index in [-0.39, 0.29) is 19.0 Å². The topological polar surface area (TPSA) is 96.6 Å². The number of carbonyl (C=O) groups excluding carboxylic acids is 1. The summed E-state index contributed by atoms with van der Waals surface area (Å²) in [5, 5.41) is 13.1. The van der Waals surface area contributed by atoms with E-state index in [1.807, 2.05) is 18.2 Å². The molecule has 3 N–H and O–H groups in total. The average Bonchev–Trinajstić information content (AvgIpc) is 3.00. The van der Waals surface area contributed by atoms with E-state index in [4.69, 9.17) is 26.0 Å². The molecular weight excluding hydrogens is 473 g/mol. The molecule has 0 atom stereocenters. The molecular formula is C17H15ClIN3O4. The standard InChI is InChI=1S/C17H15ClIN3O4/c18-12-8-10(19)2-3-13(12)21-15-11-9-20-5-4-14(11)26-16(15)17(24)22-25-7-1-6-23/h2-5,8-9,21,23H,1,6-7H2,(H,22,24). The number of anilines is 2. The van der Waals surface area contributed by atoms with Crippen LogP contribution in [0.3, 0.4) is 0 Å². The fourth-order valence-corrected chi connectivity index (χ4v) is 3.15. The van der Waals surface area contributed by atoms with Gasteiger partial charge in [-0.1, -0.05) is 11.6 Å². The monoisotopic (exact) mass is 487 g/mol. The smallest absolute Gasteiger partial charge is 0.312 e. The van der Waals surface area contributed by atoms with E-state index in [1.165, 1.54) is 0 Å². The maximum atomic E-state index is 12.4. The summed E-state index contributed by atoms with van der Waals surface area (Å²) in [6.45, 7) is 0.167. The largest absolute Gasteiger partial charge is 0.448 e. The number of furan rings is 1. The van der Waals surface area contributed by atoms with Crippen LogP contribution in [0.15, 0.2) is 41.1 Å². The van der Waals surface area contributed by atoms with E-state index in [0.717, 1.165) is 3.57 Å². The van der Waals surface area contributed by atoms with Crippen LogP contribution in [-0.4, -0.2) is 29.2 Å². The molecule has 9 heteroatoms. The van der Waals surface area contributed by atoms with E-state index in [1.54, 1.807) is 18.5 Å². The Labute approximate surface area is 167 Å². The van der Waals surface area contributed by atoms with Gasteiger partial charge in [0.2, 0.25) is 5.76 Å². The number of hydroxylamine groups is 1. The van der Waals surface area contributed by atoms with Crippen molar-refractivity contribution in [3.05, 3.63) is 51.0 Å². The number of hydrogen-bond acceptors (Lipinski definition) is 6. The van der Waals surface area contributed by atoms with Crippen LogP contribution in [0.4, 0.5) is 11.4 Å². The predicted molar refractivity (Wildman–Crippen MR) is 107 cm³/mol. The number of carbonyl (C=O) groups is 1. The third kappa shape index (κ3) is 4.26. The van der Waals surface area contributed by atoms with Crippen LogP contribution in [-0.2, 0) is 4.84 Å². The Morgan fingerprint density at radius 2 is 2.23 bits per heavy atom. The van der Waals surface area contributed by atoms with Crippen molar-refractivity contribution in [1.29, 1.82) is 0 Å². The number of benzene rings is 1. The third-order valence-electron chi connectivity index (χ3n) is 3.46. The van der Waals surface area contributed by atoms with Crippen LogP contribution in [0.25, 0.3) is 11.0 Å². The molecule has 1 amide bonds. The lowest BCUT2D eigenvalue weighted by molar-refractivity contribution is 0.0243. The third-order valence-corrected chi connectivity index (χ3v) is 4.44. The lowest BCUT2D eigenvalue weighted by Crippen LogP contribution is -2.24. The number of hydrogen-bond donors (Lipinski definition) is 3. The second kappa shape index (κ2) is 8.67. The highest BCUT2D eigenvalue weighted by atomic mass is 127. The molecule has 7 nitrogen and oxygen atoms in total. The summed E-state index contributed by atoms with van der Waals surface area (Å²) in [6.07, 6.45) is 3.59. The molecule has 0 saturated carbocycles. The number of nitrogens with one attached hydrogen (secondary N) is 2. The van der Waals surface area contributed by atoms with Crippen LogP contribution in [0.2, 0.25) is 5.02 Å². The summed E-state index contributed by atoms with van der Waals surface area (Å²) in [5.74, 6) is -0.505. The maximum absolute atomic E-state index is 12.4. The zero-order valence-corrected chi connectivity index (χ0v) is 16.4. The predicted octanol–water partition coefficient (Wildman–Crippen LogP) is 3.87. The van der Waals surface area contributed by atoms with Crippen LogP contribution >= 0.6 is 34.2 Å². The highest BCUT2D eigenvalue weighted by Gasteiger charge is 2.22. The van der Waals surface area contributed by atoms with Gasteiger partial charge in [-0.3, -0.25) is 14.6 Å². The van der Waals surface area contributed by atoms with Crippen LogP contribution in [0.5, 0.6) is 0 Å². The van der Waals surface area contributed by atoms with Gasteiger partial charge in [0, 0.05) is 22.6 Å². The van der Waals surface area contributed by atoms with Gasteiger partial charge in [-0.25, -0.2) is 5.48 Å². The second-order valence-corrected chi connectivity index (χ2v) is 6.94. The van der Waals surface area contributed by atoms with E-state index < -0.39 is 5.91 Å². The van der Waals surface area contributed by atoms with Crippen molar-refractivity contribution in [3.63, 3.8) is 0 Å². The Bertz CT molecular complexity index is 932. The number of rotatable bonds is 7. The molecule has 0 fully saturated rings. The van der Waals surface area contributed by atoms with Gasteiger partial charge in [0.05, 0.1) is 22.7 Å². The Morgan fingerprint density at radius 3 is 3.00 bits per heavy atom. The summed E-state index contributed by atoms with van der Waals surface area (Å²) in [4.78, 5) is 21.6. The highest BCUT2D eigenvalue weighted by Crippen LogP contribution is 2.35. The average molecular weight is 488 g/mol. The summed E-state index contributed by atoms with van der Waals surface area (Å²) in [7, 11) is 0. The quantitative estimate of drug-likeness (QED) is 0.266. The van der Waals surface area contributed by atoms with Gasteiger partial charge >= 0.3 is 5.91 Å². The van der Waals surface area contributed by atoms with Gasteiger partial charge in [-0.15, -0.1) is 0 Å². The van der Waals surface area contributed by atoms with E-state index >= 15 is 0 Å². The molecule has 1 aromatic carbocycles. The van der Waals surface area contributed by atoms with Crippen molar-refractivity contribution in [2.24, 2.45) is 0 Å². The first kappa shape index (κ1) is 18.9. The van der Waals surface area contributed by atoms with Crippen LogP contribution in [0, 0.1) is 3.57 Å². The van der Waals surface area contributed by atoms with Crippen molar-refractivity contribution in [2.45, 2.75) is 6.42 Å². The first-order chi connectivity index (χ1) is 12.6. The number of halogens is 2. The molecule has 0 radical (unpaired) electrons. The number of nitrogens with zero attached hydrogens (tertiary/aromatic N) is 1. The Hall–Kier alpha value is -1.88. The lowest BCUT2D eigenvalue weighted by atomic mass is 10.2. The van der Waals surface area contributed by atoms with E-state index in [2.05, 4.69) is 38.4 Å². The number of pyridine rings is 1.